The molecular formula is C13H21NO. The normalized spacial score (nSPS) is 10.6. The van der Waals surface area contributed by atoms with Crippen molar-refractivity contribution in [2.75, 3.05) is 19.1 Å². The molecule has 0 unspecified atom stereocenters. The van der Waals surface area contributed by atoms with Crippen LogP contribution in [-0.2, 0) is 0 Å². The van der Waals surface area contributed by atoms with Gasteiger partial charge in [0.25, 0.3) is 0 Å². The summed E-state index contributed by atoms with van der Waals surface area (Å²) in [5, 5.41) is 0. The van der Waals surface area contributed by atoms with Gasteiger partial charge in [0.05, 0.1) is 7.11 Å². The maximum absolute atomic E-state index is 5.30. The highest BCUT2D eigenvalue weighted by Gasteiger charge is 2.11. The molecule has 0 atom stereocenters. The van der Waals surface area contributed by atoms with Crippen molar-refractivity contribution in [2.24, 2.45) is 0 Å². The standard InChI is InChI=1S/C13H21NO/c1-9(2)14(5)12-7-8-13(15-6)11(4)10(12)3/h7-9H,1-6H3. The first-order chi connectivity index (χ1) is 6.99. The van der Waals surface area contributed by atoms with Gasteiger partial charge in [-0.15, -0.1) is 0 Å². The Morgan fingerprint density at radius 3 is 2.20 bits per heavy atom. The summed E-state index contributed by atoms with van der Waals surface area (Å²) in [5.74, 6) is 0.966. The Labute approximate surface area is 92.9 Å². The molecule has 0 spiro atoms. The zero-order valence-electron chi connectivity index (χ0n) is 10.6. The van der Waals surface area contributed by atoms with Crippen molar-refractivity contribution in [3.05, 3.63) is 23.3 Å². The van der Waals surface area contributed by atoms with Gasteiger partial charge in [-0.1, -0.05) is 0 Å². The second-order valence-electron chi connectivity index (χ2n) is 4.24. The molecule has 0 radical (unpaired) electrons. The van der Waals surface area contributed by atoms with Gasteiger partial charge in [-0.3, -0.25) is 0 Å². The highest BCUT2D eigenvalue weighted by molar-refractivity contribution is 5.59. The zero-order chi connectivity index (χ0) is 11.6. The van der Waals surface area contributed by atoms with Gasteiger partial charge >= 0.3 is 0 Å². The lowest BCUT2D eigenvalue weighted by atomic mass is 10.1. The van der Waals surface area contributed by atoms with Crippen LogP contribution in [0.4, 0.5) is 5.69 Å². The molecule has 1 aromatic carbocycles. The van der Waals surface area contributed by atoms with E-state index in [9.17, 15) is 0 Å². The highest BCUT2D eigenvalue weighted by Crippen LogP contribution is 2.29. The maximum atomic E-state index is 5.30. The number of benzene rings is 1. The Morgan fingerprint density at radius 2 is 1.73 bits per heavy atom. The third-order valence-corrected chi connectivity index (χ3v) is 3.08. The predicted molar refractivity (Wildman–Crippen MR) is 66.0 cm³/mol. The monoisotopic (exact) mass is 207 g/mol. The summed E-state index contributed by atoms with van der Waals surface area (Å²) >= 11 is 0. The minimum absolute atomic E-state index is 0.511. The van der Waals surface area contributed by atoms with Crippen LogP contribution >= 0.6 is 0 Å². The van der Waals surface area contributed by atoms with Crippen LogP contribution in [0.15, 0.2) is 12.1 Å². The second-order valence-corrected chi connectivity index (χ2v) is 4.24. The summed E-state index contributed by atoms with van der Waals surface area (Å²) in [6.07, 6.45) is 0. The van der Waals surface area contributed by atoms with Crippen LogP contribution in [0.5, 0.6) is 5.75 Å². The van der Waals surface area contributed by atoms with E-state index < -0.39 is 0 Å². The molecule has 0 saturated carbocycles. The molecular weight excluding hydrogens is 186 g/mol. The fourth-order valence-corrected chi connectivity index (χ4v) is 1.66. The summed E-state index contributed by atoms with van der Waals surface area (Å²) in [5.41, 5.74) is 3.80. The SMILES string of the molecule is COc1ccc(N(C)C(C)C)c(C)c1C. The topological polar surface area (TPSA) is 12.5 Å². The van der Waals surface area contributed by atoms with E-state index in [1.54, 1.807) is 7.11 Å². The molecule has 0 aliphatic rings. The number of anilines is 1. The van der Waals surface area contributed by atoms with Crippen LogP contribution in [-0.4, -0.2) is 20.2 Å². The molecule has 0 bridgehead atoms. The first-order valence-electron chi connectivity index (χ1n) is 5.36. The van der Waals surface area contributed by atoms with E-state index >= 15 is 0 Å². The van der Waals surface area contributed by atoms with Crippen molar-refractivity contribution in [1.82, 2.24) is 0 Å². The number of nitrogens with zero attached hydrogens (tertiary/aromatic N) is 1. The van der Waals surface area contributed by atoms with E-state index in [2.05, 4.69) is 45.7 Å². The minimum Gasteiger partial charge on any atom is -0.496 e. The van der Waals surface area contributed by atoms with Crippen LogP contribution in [0, 0.1) is 13.8 Å². The van der Waals surface area contributed by atoms with Crippen molar-refractivity contribution < 1.29 is 4.74 Å². The molecule has 2 heteroatoms. The van der Waals surface area contributed by atoms with Crippen molar-refractivity contribution in [3.63, 3.8) is 0 Å². The largest absolute Gasteiger partial charge is 0.496 e. The number of hydrogen-bond donors (Lipinski definition) is 0. The van der Waals surface area contributed by atoms with Gasteiger partial charge in [-0.2, -0.15) is 0 Å². The number of ether oxygens (including phenoxy) is 1. The van der Waals surface area contributed by atoms with Gasteiger partial charge in [0.1, 0.15) is 5.75 Å². The second kappa shape index (κ2) is 4.56. The summed E-state index contributed by atoms with van der Waals surface area (Å²) in [7, 11) is 3.84. The van der Waals surface area contributed by atoms with Crippen molar-refractivity contribution in [1.29, 1.82) is 0 Å². The molecule has 0 heterocycles. The number of hydrogen-bond acceptors (Lipinski definition) is 2. The minimum atomic E-state index is 0.511. The molecule has 15 heavy (non-hydrogen) atoms. The Balaban J connectivity index is 3.17. The average Bonchev–Trinajstić information content (AvgIpc) is 2.21. The van der Waals surface area contributed by atoms with Gasteiger partial charge in [0.15, 0.2) is 0 Å². The molecule has 0 aliphatic carbocycles. The lowest BCUT2D eigenvalue weighted by Gasteiger charge is -2.27. The fourth-order valence-electron chi connectivity index (χ4n) is 1.66. The van der Waals surface area contributed by atoms with Crippen LogP contribution in [0.2, 0.25) is 0 Å². The van der Waals surface area contributed by atoms with Gasteiger partial charge in [-0.25, -0.2) is 0 Å². The van der Waals surface area contributed by atoms with Crippen molar-refractivity contribution in [3.8, 4) is 5.75 Å². The van der Waals surface area contributed by atoms with Gasteiger partial charge in [0, 0.05) is 18.8 Å². The third-order valence-electron chi connectivity index (χ3n) is 3.08. The molecule has 1 aromatic rings. The van der Waals surface area contributed by atoms with E-state index in [-0.39, 0.29) is 0 Å². The quantitative estimate of drug-likeness (QED) is 0.755. The summed E-state index contributed by atoms with van der Waals surface area (Å²) in [4.78, 5) is 2.28. The molecule has 0 saturated heterocycles. The van der Waals surface area contributed by atoms with Crippen molar-refractivity contribution >= 4 is 5.69 Å². The third kappa shape index (κ3) is 2.25. The molecule has 0 aromatic heterocycles. The van der Waals surface area contributed by atoms with E-state index in [1.165, 1.54) is 16.8 Å². The van der Waals surface area contributed by atoms with Crippen LogP contribution in [0.25, 0.3) is 0 Å². The fraction of sp³-hybridized carbons (Fsp3) is 0.538. The maximum Gasteiger partial charge on any atom is 0.122 e. The van der Waals surface area contributed by atoms with E-state index in [4.69, 9.17) is 4.74 Å². The molecule has 0 amide bonds. The molecule has 0 aliphatic heterocycles. The molecule has 0 fully saturated rings. The first kappa shape index (κ1) is 11.9. The molecule has 2 nitrogen and oxygen atoms in total. The predicted octanol–water partition coefficient (Wildman–Crippen LogP) is 3.16. The van der Waals surface area contributed by atoms with Crippen LogP contribution in [0.1, 0.15) is 25.0 Å². The number of rotatable bonds is 3. The van der Waals surface area contributed by atoms with Crippen LogP contribution in [0.3, 0.4) is 0 Å². The lowest BCUT2D eigenvalue weighted by molar-refractivity contribution is 0.411. The lowest BCUT2D eigenvalue weighted by Crippen LogP contribution is -2.26. The Bertz CT molecular complexity index is 345. The molecule has 1 rings (SSSR count). The van der Waals surface area contributed by atoms with Crippen LogP contribution < -0.4 is 9.64 Å². The van der Waals surface area contributed by atoms with E-state index in [0.717, 1.165) is 5.75 Å². The van der Waals surface area contributed by atoms with Gasteiger partial charge in [0.2, 0.25) is 0 Å². The average molecular weight is 207 g/mol. The summed E-state index contributed by atoms with van der Waals surface area (Å²) in [6, 6.07) is 4.68. The molecule has 0 N–H and O–H groups in total. The Morgan fingerprint density at radius 1 is 1.13 bits per heavy atom. The van der Waals surface area contributed by atoms with E-state index in [0.29, 0.717) is 6.04 Å². The molecule has 84 valence electrons. The Hall–Kier alpha value is -1.18. The van der Waals surface area contributed by atoms with Gasteiger partial charge in [-0.05, 0) is 51.0 Å². The summed E-state index contributed by atoms with van der Waals surface area (Å²) in [6.45, 7) is 8.63. The summed E-state index contributed by atoms with van der Waals surface area (Å²) < 4.78 is 5.30. The smallest absolute Gasteiger partial charge is 0.122 e. The number of methoxy groups -OCH3 is 1. The van der Waals surface area contributed by atoms with E-state index in [1.807, 2.05) is 6.07 Å². The Kier molecular flexibility index (Phi) is 3.61. The van der Waals surface area contributed by atoms with Gasteiger partial charge < -0.3 is 9.64 Å². The zero-order valence-corrected chi connectivity index (χ0v) is 10.6. The highest BCUT2D eigenvalue weighted by atomic mass is 16.5. The first-order valence-corrected chi connectivity index (χ1v) is 5.36. The van der Waals surface area contributed by atoms with Crippen molar-refractivity contribution in [2.45, 2.75) is 33.7 Å².